The van der Waals surface area contributed by atoms with Crippen molar-refractivity contribution in [3.63, 3.8) is 0 Å². The van der Waals surface area contributed by atoms with E-state index >= 15 is 0 Å². The first kappa shape index (κ1) is 13.0. The molecule has 2 rings (SSSR count). The molecule has 2 nitrogen and oxygen atoms in total. The van der Waals surface area contributed by atoms with E-state index in [1.807, 2.05) is 18.2 Å². The second-order valence-corrected chi connectivity index (χ2v) is 5.17. The Balaban J connectivity index is 2.13. The van der Waals surface area contributed by atoms with Gasteiger partial charge in [0.15, 0.2) is 0 Å². The molecule has 0 fully saturated rings. The van der Waals surface area contributed by atoms with Gasteiger partial charge in [0.2, 0.25) is 0 Å². The van der Waals surface area contributed by atoms with Crippen LogP contribution in [0, 0.1) is 0 Å². The smallest absolute Gasteiger partial charge is 0.0530 e. The molecule has 0 spiro atoms. The van der Waals surface area contributed by atoms with Crippen molar-refractivity contribution in [2.24, 2.45) is 0 Å². The maximum atomic E-state index is 5.72. The summed E-state index contributed by atoms with van der Waals surface area (Å²) in [6.45, 7) is 2.19. The Hall–Kier alpha value is -1.48. The number of anilines is 3. The molecule has 18 heavy (non-hydrogen) atoms. The van der Waals surface area contributed by atoms with Gasteiger partial charge in [0.1, 0.15) is 0 Å². The number of rotatable bonds is 4. The van der Waals surface area contributed by atoms with Crippen LogP contribution in [0.25, 0.3) is 0 Å². The van der Waals surface area contributed by atoms with Gasteiger partial charge in [-0.1, -0.05) is 25.5 Å². The fraction of sp³-hybridized carbons (Fsp3) is 0.200. The highest BCUT2D eigenvalue weighted by atomic mass is 79.9. The third-order valence-electron chi connectivity index (χ3n) is 2.76. The largest absolute Gasteiger partial charge is 0.399 e. The SMILES string of the molecule is CCCc1ccc(Nc2ccc(N)cc2Br)cc1. The van der Waals surface area contributed by atoms with Crippen LogP contribution >= 0.6 is 15.9 Å². The van der Waals surface area contributed by atoms with E-state index in [1.54, 1.807) is 0 Å². The number of nitrogens with one attached hydrogen (secondary N) is 1. The van der Waals surface area contributed by atoms with Gasteiger partial charge in [-0.05, 0) is 58.2 Å². The van der Waals surface area contributed by atoms with Crippen LogP contribution in [0.3, 0.4) is 0 Å². The minimum Gasteiger partial charge on any atom is -0.399 e. The molecule has 0 atom stereocenters. The van der Waals surface area contributed by atoms with Crippen LogP contribution < -0.4 is 11.1 Å². The third-order valence-corrected chi connectivity index (χ3v) is 3.42. The Labute approximate surface area is 116 Å². The molecule has 0 bridgehead atoms. The summed E-state index contributed by atoms with van der Waals surface area (Å²) in [5.41, 5.74) is 9.95. The van der Waals surface area contributed by atoms with E-state index in [2.05, 4.69) is 52.4 Å². The highest BCUT2D eigenvalue weighted by Crippen LogP contribution is 2.27. The van der Waals surface area contributed by atoms with Gasteiger partial charge in [-0.25, -0.2) is 0 Å². The highest BCUT2D eigenvalue weighted by Gasteiger charge is 2.01. The lowest BCUT2D eigenvalue weighted by molar-refractivity contribution is 0.922. The van der Waals surface area contributed by atoms with Gasteiger partial charge in [-0.2, -0.15) is 0 Å². The number of halogens is 1. The maximum absolute atomic E-state index is 5.72. The van der Waals surface area contributed by atoms with Crippen molar-refractivity contribution in [1.82, 2.24) is 0 Å². The standard InChI is InChI=1S/C15H17BrN2/c1-2-3-11-4-7-13(8-5-11)18-15-9-6-12(17)10-14(15)16/h4-10,18H,2-3,17H2,1H3. The molecule has 3 heteroatoms. The average Bonchev–Trinajstić information content (AvgIpc) is 2.35. The fourth-order valence-electron chi connectivity index (χ4n) is 1.83. The van der Waals surface area contributed by atoms with Crippen molar-refractivity contribution in [2.45, 2.75) is 19.8 Å². The summed E-state index contributed by atoms with van der Waals surface area (Å²) >= 11 is 3.50. The molecule has 3 N–H and O–H groups in total. The van der Waals surface area contributed by atoms with Gasteiger partial charge >= 0.3 is 0 Å². The van der Waals surface area contributed by atoms with E-state index < -0.39 is 0 Å². The lowest BCUT2D eigenvalue weighted by atomic mass is 10.1. The second-order valence-electron chi connectivity index (χ2n) is 4.31. The second kappa shape index (κ2) is 5.91. The van der Waals surface area contributed by atoms with Crippen LogP contribution in [-0.4, -0.2) is 0 Å². The summed E-state index contributed by atoms with van der Waals surface area (Å²) in [5.74, 6) is 0. The topological polar surface area (TPSA) is 38.0 Å². The number of benzene rings is 2. The van der Waals surface area contributed by atoms with Gasteiger partial charge < -0.3 is 11.1 Å². The van der Waals surface area contributed by atoms with E-state index in [0.29, 0.717) is 0 Å². The normalized spacial score (nSPS) is 10.3. The van der Waals surface area contributed by atoms with Crippen LogP contribution in [0.4, 0.5) is 17.1 Å². The Kier molecular flexibility index (Phi) is 4.26. The summed E-state index contributed by atoms with van der Waals surface area (Å²) in [7, 11) is 0. The quantitative estimate of drug-likeness (QED) is 0.802. The molecule has 0 saturated heterocycles. The van der Waals surface area contributed by atoms with Gasteiger partial charge in [0.05, 0.1) is 5.69 Å². The Morgan fingerprint density at radius 1 is 1.11 bits per heavy atom. The lowest BCUT2D eigenvalue weighted by Gasteiger charge is -2.10. The van der Waals surface area contributed by atoms with Crippen molar-refractivity contribution in [2.75, 3.05) is 11.1 Å². The molecule has 0 saturated carbocycles. The van der Waals surface area contributed by atoms with Crippen molar-refractivity contribution in [1.29, 1.82) is 0 Å². The first-order valence-corrected chi connectivity index (χ1v) is 6.89. The molecule has 0 heterocycles. The van der Waals surface area contributed by atoms with Crippen LogP contribution in [0.2, 0.25) is 0 Å². The predicted molar refractivity (Wildman–Crippen MR) is 82.3 cm³/mol. The molecule has 0 aliphatic rings. The van der Waals surface area contributed by atoms with Gasteiger partial charge in [0, 0.05) is 15.8 Å². The Bertz CT molecular complexity index is 521. The molecule has 0 aliphatic heterocycles. The van der Waals surface area contributed by atoms with E-state index in [9.17, 15) is 0 Å². The Morgan fingerprint density at radius 3 is 2.44 bits per heavy atom. The number of nitrogen functional groups attached to an aromatic ring is 1. The van der Waals surface area contributed by atoms with Crippen LogP contribution in [0.5, 0.6) is 0 Å². The third kappa shape index (κ3) is 3.26. The zero-order valence-electron chi connectivity index (χ0n) is 10.4. The first-order valence-electron chi connectivity index (χ1n) is 6.10. The molecule has 0 aromatic heterocycles. The summed E-state index contributed by atoms with van der Waals surface area (Å²) in [6, 6.07) is 14.3. The molecule has 94 valence electrons. The van der Waals surface area contributed by atoms with Gasteiger partial charge in [0.25, 0.3) is 0 Å². The summed E-state index contributed by atoms with van der Waals surface area (Å²) in [4.78, 5) is 0. The molecular formula is C15H17BrN2. The number of aryl methyl sites for hydroxylation is 1. The van der Waals surface area contributed by atoms with Crippen molar-refractivity contribution >= 4 is 33.0 Å². The lowest BCUT2D eigenvalue weighted by Crippen LogP contribution is -1.93. The summed E-state index contributed by atoms with van der Waals surface area (Å²) in [5, 5.41) is 3.37. The van der Waals surface area contributed by atoms with Crippen molar-refractivity contribution in [3.8, 4) is 0 Å². The van der Waals surface area contributed by atoms with Crippen LogP contribution in [0.1, 0.15) is 18.9 Å². The minimum absolute atomic E-state index is 0.755. The van der Waals surface area contributed by atoms with Crippen molar-refractivity contribution in [3.05, 3.63) is 52.5 Å². The predicted octanol–water partition coefficient (Wildman–Crippen LogP) is 4.73. The number of hydrogen-bond acceptors (Lipinski definition) is 2. The van der Waals surface area contributed by atoms with Gasteiger partial charge in [-0.15, -0.1) is 0 Å². The molecule has 0 unspecified atom stereocenters. The summed E-state index contributed by atoms with van der Waals surface area (Å²) in [6.07, 6.45) is 2.31. The van der Waals surface area contributed by atoms with Gasteiger partial charge in [-0.3, -0.25) is 0 Å². The van der Waals surface area contributed by atoms with E-state index in [-0.39, 0.29) is 0 Å². The van der Waals surface area contributed by atoms with Crippen LogP contribution in [-0.2, 0) is 6.42 Å². The monoisotopic (exact) mass is 304 g/mol. The number of hydrogen-bond donors (Lipinski definition) is 2. The molecular weight excluding hydrogens is 288 g/mol. The van der Waals surface area contributed by atoms with E-state index in [4.69, 9.17) is 5.73 Å². The zero-order chi connectivity index (χ0) is 13.0. The molecule has 0 amide bonds. The first-order chi connectivity index (χ1) is 8.69. The zero-order valence-corrected chi connectivity index (χ0v) is 12.0. The Morgan fingerprint density at radius 2 is 1.83 bits per heavy atom. The maximum Gasteiger partial charge on any atom is 0.0530 e. The van der Waals surface area contributed by atoms with Crippen LogP contribution in [0.15, 0.2) is 46.9 Å². The summed E-state index contributed by atoms with van der Waals surface area (Å²) < 4.78 is 0.972. The van der Waals surface area contributed by atoms with E-state index in [0.717, 1.165) is 28.0 Å². The van der Waals surface area contributed by atoms with Crippen molar-refractivity contribution < 1.29 is 0 Å². The minimum atomic E-state index is 0.755. The molecule has 2 aromatic carbocycles. The highest BCUT2D eigenvalue weighted by molar-refractivity contribution is 9.10. The fourth-order valence-corrected chi connectivity index (χ4v) is 2.33. The van der Waals surface area contributed by atoms with E-state index in [1.165, 1.54) is 12.0 Å². The molecule has 0 radical (unpaired) electrons. The molecule has 2 aromatic rings. The molecule has 0 aliphatic carbocycles. The average molecular weight is 305 g/mol. The number of nitrogens with two attached hydrogens (primary N) is 1.